The lowest BCUT2D eigenvalue weighted by molar-refractivity contribution is 0.239. The van der Waals surface area contributed by atoms with Crippen LogP contribution in [0, 0.1) is 0 Å². The molecule has 21 heavy (non-hydrogen) atoms. The van der Waals surface area contributed by atoms with Crippen molar-refractivity contribution < 1.29 is 4.74 Å². The van der Waals surface area contributed by atoms with Gasteiger partial charge in [0.1, 0.15) is 5.75 Å². The molecule has 0 fully saturated rings. The fourth-order valence-corrected chi connectivity index (χ4v) is 2.29. The molecule has 0 atom stereocenters. The summed E-state index contributed by atoms with van der Waals surface area (Å²) < 4.78 is 5.84. The standard InChI is InChI=1S/C18H24N2O/c1-4-15-9-7-11-20-17(15)13-19-12-16-8-5-6-10-18(16)21-14(2)3/h5-11,14,19H,4,12-13H2,1-3H3. The molecule has 0 bridgehead atoms. The van der Waals surface area contributed by atoms with Crippen LogP contribution in [0.25, 0.3) is 0 Å². The van der Waals surface area contributed by atoms with E-state index < -0.39 is 0 Å². The van der Waals surface area contributed by atoms with Gasteiger partial charge in [0.2, 0.25) is 0 Å². The highest BCUT2D eigenvalue weighted by Crippen LogP contribution is 2.19. The van der Waals surface area contributed by atoms with Crippen molar-refractivity contribution in [2.24, 2.45) is 0 Å². The maximum absolute atomic E-state index is 5.84. The molecule has 0 aliphatic heterocycles. The Hall–Kier alpha value is -1.87. The van der Waals surface area contributed by atoms with Crippen LogP contribution in [0.2, 0.25) is 0 Å². The Balaban J connectivity index is 1.97. The minimum atomic E-state index is 0.189. The highest BCUT2D eigenvalue weighted by Gasteiger charge is 2.06. The average molecular weight is 284 g/mol. The predicted molar refractivity (Wildman–Crippen MR) is 86.4 cm³/mol. The normalized spacial score (nSPS) is 10.9. The van der Waals surface area contributed by atoms with Crippen molar-refractivity contribution in [3.8, 4) is 5.75 Å². The van der Waals surface area contributed by atoms with Crippen LogP contribution < -0.4 is 10.1 Å². The Morgan fingerprint density at radius 2 is 1.81 bits per heavy atom. The van der Waals surface area contributed by atoms with Gasteiger partial charge < -0.3 is 10.1 Å². The van der Waals surface area contributed by atoms with E-state index in [9.17, 15) is 0 Å². The summed E-state index contributed by atoms with van der Waals surface area (Å²) in [6.07, 6.45) is 3.05. The Bertz CT molecular complexity index is 567. The second-order valence-electron chi connectivity index (χ2n) is 5.34. The number of ether oxygens (including phenoxy) is 1. The monoisotopic (exact) mass is 284 g/mol. The van der Waals surface area contributed by atoms with Gasteiger partial charge >= 0.3 is 0 Å². The number of aromatic nitrogens is 1. The van der Waals surface area contributed by atoms with Crippen LogP contribution in [0.15, 0.2) is 42.6 Å². The van der Waals surface area contributed by atoms with Crippen molar-refractivity contribution in [1.29, 1.82) is 0 Å². The van der Waals surface area contributed by atoms with Gasteiger partial charge in [0.05, 0.1) is 11.8 Å². The minimum absolute atomic E-state index is 0.189. The molecule has 2 aromatic rings. The van der Waals surface area contributed by atoms with E-state index in [1.165, 1.54) is 11.1 Å². The van der Waals surface area contributed by atoms with E-state index in [0.29, 0.717) is 0 Å². The number of benzene rings is 1. The molecule has 0 saturated carbocycles. The molecule has 0 radical (unpaired) electrons. The number of hydrogen-bond donors (Lipinski definition) is 1. The number of pyridine rings is 1. The summed E-state index contributed by atoms with van der Waals surface area (Å²) in [4.78, 5) is 4.46. The first-order chi connectivity index (χ1) is 10.2. The van der Waals surface area contributed by atoms with Crippen molar-refractivity contribution in [3.05, 3.63) is 59.4 Å². The smallest absolute Gasteiger partial charge is 0.124 e. The molecular formula is C18H24N2O. The first kappa shape index (κ1) is 15.5. The van der Waals surface area contributed by atoms with Gasteiger partial charge in [-0.15, -0.1) is 0 Å². The average Bonchev–Trinajstić information content (AvgIpc) is 2.49. The van der Waals surface area contributed by atoms with Gasteiger partial charge in [0, 0.05) is 24.8 Å². The van der Waals surface area contributed by atoms with Gasteiger partial charge in [-0.1, -0.05) is 31.2 Å². The third kappa shape index (κ3) is 4.57. The maximum atomic E-state index is 5.84. The van der Waals surface area contributed by atoms with Crippen LogP contribution in [0.4, 0.5) is 0 Å². The molecule has 0 saturated heterocycles. The Morgan fingerprint density at radius 3 is 2.57 bits per heavy atom. The summed E-state index contributed by atoms with van der Waals surface area (Å²) in [6.45, 7) is 7.81. The molecule has 112 valence electrons. The van der Waals surface area contributed by atoms with Gasteiger partial charge in [-0.25, -0.2) is 0 Å². The Kier molecular flexibility index (Phi) is 5.76. The van der Waals surface area contributed by atoms with Gasteiger partial charge in [-0.3, -0.25) is 4.98 Å². The molecule has 1 heterocycles. The molecule has 0 aliphatic rings. The van der Waals surface area contributed by atoms with Crippen LogP contribution in [-0.4, -0.2) is 11.1 Å². The minimum Gasteiger partial charge on any atom is -0.491 e. The molecule has 2 rings (SSSR count). The van der Waals surface area contributed by atoms with E-state index in [4.69, 9.17) is 4.74 Å². The molecule has 0 spiro atoms. The van der Waals surface area contributed by atoms with Crippen molar-refractivity contribution in [1.82, 2.24) is 10.3 Å². The van der Waals surface area contributed by atoms with Gasteiger partial charge in [-0.2, -0.15) is 0 Å². The Morgan fingerprint density at radius 1 is 1.05 bits per heavy atom. The number of nitrogens with one attached hydrogen (secondary N) is 1. The van der Waals surface area contributed by atoms with E-state index in [0.717, 1.165) is 31.0 Å². The number of aryl methyl sites for hydroxylation is 1. The largest absolute Gasteiger partial charge is 0.491 e. The molecule has 0 amide bonds. The van der Waals surface area contributed by atoms with Crippen LogP contribution >= 0.6 is 0 Å². The van der Waals surface area contributed by atoms with E-state index in [1.807, 2.05) is 44.3 Å². The third-order valence-electron chi connectivity index (χ3n) is 3.31. The molecular weight excluding hydrogens is 260 g/mol. The van der Waals surface area contributed by atoms with E-state index >= 15 is 0 Å². The zero-order valence-corrected chi connectivity index (χ0v) is 13.1. The quantitative estimate of drug-likeness (QED) is 0.841. The lowest BCUT2D eigenvalue weighted by Gasteiger charge is -2.15. The zero-order valence-electron chi connectivity index (χ0n) is 13.1. The molecule has 0 unspecified atom stereocenters. The van der Waals surface area contributed by atoms with Crippen LogP contribution in [0.5, 0.6) is 5.75 Å². The molecule has 1 aromatic carbocycles. The first-order valence-corrected chi connectivity index (χ1v) is 7.58. The summed E-state index contributed by atoms with van der Waals surface area (Å²) in [6, 6.07) is 12.3. The summed E-state index contributed by atoms with van der Waals surface area (Å²) in [5.41, 5.74) is 3.61. The van der Waals surface area contributed by atoms with E-state index in [2.05, 4.69) is 29.4 Å². The molecule has 0 aliphatic carbocycles. The third-order valence-corrected chi connectivity index (χ3v) is 3.31. The number of rotatable bonds is 7. The van der Waals surface area contributed by atoms with Gasteiger partial charge in [-0.05, 0) is 38.0 Å². The van der Waals surface area contributed by atoms with Crippen molar-refractivity contribution >= 4 is 0 Å². The highest BCUT2D eigenvalue weighted by atomic mass is 16.5. The summed E-state index contributed by atoms with van der Waals surface area (Å²) >= 11 is 0. The van der Waals surface area contributed by atoms with Crippen molar-refractivity contribution in [3.63, 3.8) is 0 Å². The van der Waals surface area contributed by atoms with Crippen LogP contribution in [-0.2, 0) is 19.5 Å². The first-order valence-electron chi connectivity index (χ1n) is 7.58. The van der Waals surface area contributed by atoms with Crippen LogP contribution in [0.1, 0.15) is 37.6 Å². The highest BCUT2D eigenvalue weighted by molar-refractivity contribution is 5.33. The number of hydrogen-bond acceptors (Lipinski definition) is 3. The second-order valence-corrected chi connectivity index (χ2v) is 5.34. The van der Waals surface area contributed by atoms with E-state index in [-0.39, 0.29) is 6.10 Å². The number of nitrogens with zero attached hydrogens (tertiary/aromatic N) is 1. The lowest BCUT2D eigenvalue weighted by atomic mass is 10.1. The summed E-state index contributed by atoms with van der Waals surface area (Å²) in [5, 5.41) is 3.46. The van der Waals surface area contributed by atoms with Gasteiger partial charge in [0.25, 0.3) is 0 Å². The van der Waals surface area contributed by atoms with Crippen molar-refractivity contribution in [2.45, 2.75) is 46.4 Å². The second kappa shape index (κ2) is 7.79. The number of para-hydroxylation sites is 1. The topological polar surface area (TPSA) is 34.2 Å². The molecule has 1 aromatic heterocycles. The van der Waals surface area contributed by atoms with E-state index in [1.54, 1.807) is 0 Å². The van der Waals surface area contributed by atoms with Crippen molar-refractivity contribution in [2.75, 3.05) is 0 Å². The summed E-state index contributed by atoms with van der Waals surface area (Å²) in [5.74, 6) is 0.955. The fraction of sp³-hybridized carbons (Fsp3) is 0.389. The molecule has 3 nitrogen and oxygen atoms in total. The van der Waals surface area contributed by atoms with Gasteiger partial charge in [0.15, 0.2) is 0 Å². The molecule has 1 N–H and O–H groups in total. The predicted octanol–water partition coefficient (Wildman–Crippen LogP) is 3.72. The molecule has 3 heteroatoms. The maximum Gasteiger partial charge on any atom is 0.124 e. The zero-order chi connectivity index (χ0) is 15.1. The fourth-order valence-electron chi connectivity index (χ4n) is 2.29. The Labute approximate surface area is 127 Å². The summed E-state index contributed by atoms with van der Waals surface area (Å²) in [7, 11) is 0. The lowest BCUT2D eigenvalue weighted by Crippen LogP contribution is -2.16. The SMILES string of the molecule is CCc1cccnc1CNCc1ccccc1OC(C)C. The van der Waals surface area contributed by atoms with Crippen LogP contribution in [0.3, 0.4) is 0 Å².